The Labute approximate surface area is 334 Å². The molecule has 0 heterocycles. The van der Waals surface area contributed by atoms with Gasteiger partial charge in [0, 0.05) is 22.3 Å². The summed E-state index contributed by atoms with van der Waals surface area (Å²) in [5.74, 6) is 0.781. The van der Waals surface area contributed by atoms with E-state index < -0.39 is 14.4 Å². The van der Waals surface area contributed by atoms with Crippen LogP contribution >= 0.6 is 14.4 Å². The number of rotatable bonds is 11. The van der Waals surface area contributed by atoms with Crippen molar-refractivity contribution in [3.8, 4) is 5.75 Å². The molecule has 10 aromatic carbocycles. The SMILES string of the molecule is O=P(c1ccccc1)(c1ccc(OCCC[P+](c2ccccc2)(c2ccccc2)c2ccccc2)cc1)c1ccc2c3cccc4cccc(c5cccc1c52)c43. The molecule has 57 heavy (non-hydrogen) atoms. The second kappa shape index (κ2) is 14.8. The highest BCUT2D eigenvalue weighted by molar-refractivity contribution is 7.95. The van der Waals surface area contributed by atoms with Crippen LogP contribution in [0.5, 0.6) is 5.75 Å². The summed E-state index contributed by atoms with van der Waals surface area (Å²) < 4.78 is 22.5. The van der Waals surface area contributed by atoms with Gasteiger partial charge in [-0.3, -0.25) is 0 Å². The lowest BCUT2D eigenvalue weighted by atomic mass is 9.90. The topological polar surface area (TPSA) is 26.3 Å². The minimum absolute atomic E-state index is 0.576. The summed E-state index contributed by atoms with van der Waals surface area (Å²) in [5, 5.41) is 16.2. The molecule has 4 heteroatoms. The van der Waals surface area contributed by atoms with Crippen molar-refractivity contribution in [2.45, 2.75) is 6.42 Å². The molecule has 274 valence electrons. The molecular weight excluding hydrogens is 731 g/mol. The Morgan fingerprint density at radius 2 is 0.860 bits per heavy atom. The summed E-state index contributed by atoms with van der Waals surface area (Å²) >= 11 is 0. The van der Waals surface area contributed by atoms with Crippen LogP contribution in [0.2, 0.25) is 0 Å². The van der Waals surface area contributed by atoms with Crippen molar-refractivity contribution in [1.82, 2.24) is 0 Å². The van der Waals surface area contributed by atoms with Gasteiger partial charge in [-0.2, -0.15) is 0 Å². The van der Waals surface area contributed by atoms with Gasteiger partial charge in [-0.05, 0) is 110 Å². The lowest BCUT2D eigenvalue weighted by Crippen LogP contribution is -2.33. The van der Waals surface area contributed by atoms with Crippen LogP contribution in [0.25, 0.3) is 43.1 Å². The van der Waals surface area contributed by atoms with Gasteiger partial charge < -0.3 is 9.30 Å². The van der Waals surface area contributed by atoms with E-state index in [2.05, 4.69) is 158 Å². The van der Waals surface area contributed by atoms with Crippen molar-refractivity contribution in [2.24, 2.45) is 0 Å². The van der Waals surface area contributed by atoms with Crippen molar-refractivity contribution in [1.29, 1.82) is 0 Å². The highest BCUT2D eigenvalue weighted by Crippen LogP contribution is 2.56. The van der Waals surface area contributed by atoms with Gasteiger partial charge in [0.15, 0.2) is 7.14 Å². The average molecular weight is 772 g/mol. The van der Waals surface area contributed by atoms with Crippen LogP contribution in [-0.4, -0.2) is 12.8 Å². The van der Waals surface area contributed by atoms with Crippen LogP contribution in [0.3, 0.4) is 0 Å². The highest BCUT2D eigenvalue weighted by Gasteiger charge is 2.44. The standard InChI is InChI=1S/C53H41O2P2/c54-57(44-25-11-4-12-26-44,51-36-35-49-47-28-14-18-39-17-13-27-46(52(39)47)48-29-15-30-50(51)53(48)49)45-33-31-40(32-34-45)55-37-16-38-56(41-19-5-1-6-20-41,42-21-7-2-8-22-42)43-23-9-3-10-24-43/h1-15,17-36H,16,37-38H2/q+1. The number of ether oxygens (including phenoxy) is 1. The van der Waals surface area contributed by atoms with Crippen LogP contribution in [0, 0.1) is 0 Å². The van der Waals surface area contributed by atoms with Crippen molar-refractivity contribution in [2.75, 3.05) is 12.8 Å². The molecule has 0 fully saturated rings. The van der Waals surface area contributed by atoms with Gasteiger partial charge in [-0.15, -0.1) is 0 Å². The molecule has 1 atom stereocenters. The van der Waals surface area contributed by atoms with Gasteiger partial charge in [-0.1, -0.05) is 146 Å². The maximum atomic E-state index is 16.0. The molecule has 0 aliphatic carbocycles. The van der Waals surface area contributed by atoms with E-state index in [9.17, 15) is 0 Å². The monoisotopic (exact) mass is 771 g/mol. The van der Waals surface area contributed by atoms with E-state index in [0.717, 1.165) is 45.0 Å². The Morgan fingerprint density at radius 3 is 1.42 bits per heavy atom. The summed E-state index contributed by atoms with van der Waals surface area (Å²) in [6.45, 7) is 0.576. The molecule has 10 aromatic rings. The Hall–Kier alpha value is -6.04. The molecule has 0 saturated heterocycles. The maximum Gasteiger partial charge on any atom is 0.171 e. The van der Waals surface area contributed by atoms with Gasteiger partial charge in [0.25, 0.3) is 0 Å². The van der Waals surface area contributed by atoms with E-state index >= 15 is 4.57 Å². The fourth-order valence-electron chi connectivity index (χ4n) is 9.10. The van der Waals surface area contributed by atoms with Crippen LogP contribution < -0.4 is 36.6 Å². The molecule has 0 aromatic heterocycles. The zero-order valence-electron chi connectivity index (χ0n) is 31.5. The number of hydrogen-bond acceptors (Lipinski definition) is 2. The normalized spacial score (nSPS) is 13.0. The predicted octanol–water partition coefficient (Wildman–Crippen LogP) is 11.1. The van der Waals surface area contributed by atoms with E-state index in [4.69, 9.17) is 4.74 Å². The van der Waals surface area contributed by atoms with Crippen LogP contribution in [-0.2, 0) is 4.57 Å². The Bertz CT molecular complexity index is 2870. The lowest BCUT2D eigenvalue weighted by molar-refractivity contribution is 0.318. The molecule has 0 aliphatic rings. The molecule has 1 unspecified atom stereocenters. The minimum atomic E-state index is -3.32. The first-order chi connectivity index (χ1) is 28.2. The van der Waals surface area contributed by atoms with Gasteiger partial charge in [0.2, 0.25) is 0 Å². The smallest absolute Gasteiger partial charge is 0.171 e. The molecule has 0 aliphatic heterocycles. The average Bonchev–Trinajstić information content (AvgIpc) is 3.29. The largest absolute Gasteiger partial charge is 0.493 e. The van der Waals surface area contributed by atoms with Crippen LogP contribution in [0.1, 0.15) is 6.42 Å². The molecule has 0 N–H and O–H groups in total. The summed E-state index contributed by atoms with van der Waals surface area (Å²) in [6.07, 6.45) is 1.87. The molecule has 0 spiro atoms. The van der Waals surface area contributed by atoms with Crippen LogP contribution in [0.4, 0.5) is 0 Å². The lowest BCUT2D eigenvalue weighted by Gasteiger charge is -2.27. The molecular formula is C53H41O2P2+. The van der Waals surface area contributed by atoms with Crippen molar-refractivity contribution in [3.63, 3.8) is 0 Å². The van der Waals surface area contributed by atoms with Crippen LogP contribution in [0.15, 0.2) is 212 Å². The van der Waals surface area contributed by atoms with E-state index in [-0.39, 0.29) is 0 Å². The molecule has 10 rings (SSSR count). The number of hydrogen-bond donors (Lipinski definition) is 0. The number of fused-ring (bicyclic) bond motifs is 2. The molecule has 0 amide bonds. The second-order valence-corrected chi connectivity index (χ2v) is 21.1. The minimum Gasteiger partial charge on any atom is -0.493 e. The van der Waals surface area contributed by atoms with Gasteiger partial charge in [-0.25, -0.2) is 0 Å². The first-order valence-corrected chi connectivity index (χ1v) is 23.4. The quantitative estimate of drug-likeness (QED) is 0.0567. The summed E-state index contributed by atoms with van der Waals surface area (Å²) in [5.41, 5.74) is 0. The van der Waals surface area contributed by atoms with E-state index in [1.165, 1.54) is 48.2 Å². The van der Waals surface area contributed by atoms with Gasteiger partial charge in [0.1, 0.15) is 28.9 Å². The molecule has 0 radical (unpaired) electrons. The summed E-state index contributed by atoms with van der Waals surface area (Å²) in [7, 11) is -5.26. The van der Waals surface area contributed by atoms with E-state index in [1.807, 2.05) is 54.6 Å². The third kappa shape index (κ3) is 5.95. The molecule has 0 saturated carbocycles. The fraction of sp³-hybridized carbons (Fsp3) is 0.0566. The van der Waals surface area contributed by atoms with Crippen molar-refractivity contribution >= 4 is 89.3 Å². The first kappa shape index (κ1) is 35.4. The predicted molar refractivity (Wildman–Crippen MR) is 247 cm³/mol. The van der Waals surface area contributed by atoms with Crippen molar-refractivity contribution in [3.05, 3.63) is 212 Å². The van der Waals surface area contributed by atoms with E-state index in [0.29, 0.717) is 6.61 Å². The zero-order chi connectivity index (χ0) is 38.2. The third-order valence-corrected chi connectivity index (χ3v) is 19.3. The van der Waals surface area contributed by atoms with Crippen molar-refractivity contribution < 1.29 is 9.30 Å². The molecule has 0 bridgehead atoms. The fourth-order valence-corrected chi connectivity index (χ4v) is 16.2. The maximum absolute atomic E-state index is 16.0. The Balaban J connectivity index is 0.996. The third-order valence-electron chi connectivity index (χ3n) is 11.7. The summed E-state index contributed by atoms with van der Waals surface area (Å²) in [4.78, 5) is 0. The Morgan fingerprint density at radius 1 is 0.404 bits per heavy atom. The second-order valence-electron chi connectivity index (χ2n) is 14.8. The summed E-state index contributed by atoms with van der Waals surface area (Å²) in [6, 6.07) is 74.9. The first-order valence-electron chi connectivity index (χ1n) is 19.7. The number of benzene rings is 10. The van der Waals surface area contributed by atoms with Gasteiger partial charge in [0.05, 0.1) is 12.8 Å². The Kier molecular flexibility index (Phi) is 9.19. The van der Waals surface area contributed by atoms with Gasteiger partial charge >= 0.3 is 0 Å². The zero-order valence-corrected chi connectivity index (χ0v) is 33.3. The van der Waals surface area contributed by atoms with E-state index in [1.54, 1.807) is 0 Å². The molecule has 2 nitrogen and oxygen atoms in total. The highest BCUT2D eigenvalue weighted by atomic mass is 31.2.